The molecule has 0 N–H and O–H groups in total. The van der Waals surface area contributed by atoms with Gasteiger partial charge in [-0.05, 0) is 13.0 Å². The second-order valence-electron chi connectivity index (χ2n) is 4.67. The van der Waals surface area contributed by atoms with E-state index in [0.29, 0.717) is 30.7 Å². The van der Waals surface area contributed by atoms with Crippen molar-refractivity contribution >= 4 is 11.0 Å². The molecule has 0 fully saturated rings. The molecule has 0 aliphatic carbocycles. The average Bonchev–Trinajstić information content (AvgIpc) is 2.92. The predicted molar refractivity (Wildman–Crippen MR) is 78.2 cm³/mol. The molecular formula is C14H15N5O2. The zero-order valence-corrected chi connectivity index (χ0v) is 11.6. The highest BCUT2D eigenvalue weighted by molar-refractivity contribution is 5.72. The Balaban J connectivity index is 1.95. The van der Waals surface area contributed by atoms with Crippen LogP contribution in [0.15, 0.2) is 46.5 Å². The quantitative estimate of drug-likeness (QED) is 0.698. The summed E-state index contributed by atoms with van der Waals surface area (Å²) >= 11 is 0. The molecule has 0 aliphatic rings. The van der Waals surface area contributed by atoms with Crippen LogP contribution in [-0.4, -0.2) is 23.9 Å². The summed E-state index contributed by atoms with van der Waals surface area (Å²) in [6, 6.07) is 4.98. The molecule has 3 aromatic rings. The van der Waals surface area contributed by atoms with Crippen molar-refractivity contribution in [3.63, 3.8) is 0 Å². The Morgan fingerprint density at radius 3 is 2.71 bits per heavy atom. The summed E-state index contributed by atoms with van der Waals surface area (Å²) in [6.07, 6.45) is 4.79. The summed E-state index contributed by atoms with van der Waals surface area (Å²) in [5.41, 5.74) is 0.872. The number of rotatable bonds is 4. The molecule has 0 aliphatic heterocycles. The lowest BCUT2D eigenvalue weighted by atomic mass is 10.4. The standard InChI is InChI=1S/C14H15N5O2/c1-2-19-13-11(9-16-19)15-10-18(14(13)21)8-7-17-6-4-3-5-12(17)20/h3-6,9-10H,2,7-8H2,1H3. The molecule has 3 aromatic heterocycles. The number of aromatic nitrogens is 5. The van der Waals surface area contributed by atoms with Gasteiger partial charge < -0.3 is 4.57 Å². The van der Waals surface area contributed by atoms with Crippen LogP contribution < -0.4 is 11.1 Å². The molecule has 0 amide bonds. The monoisotopic (exact) mass is 285 g/mol. The van der Waals surface area contributed by atoms with E-state index in [1.54, 1.807) is 33.8 Å². The Bertz CT molecular complexity index is 890. The zero-order valence-electron chi connectivity index (χ0n) is 11.6. The van der Waals surface area contributed by atoms with Gasteiger partial charge in [0.1, 0.15) is 5.52 Å². The molecule has 7 heteroatoms. The van der Waals surface area contributed by atoms with Crippen molar-refractivity contribution in [1.29, 1.82) is 0 Å². The van der Waals surface area contributed by atoms with E-state index in [-0.39, 0.29) is 11.1 Å². The summed E-state index contributed by atoms with van der Waals surface area (Å²) in [5, 5.41) is 4.13. The lowest BCUT2D eigenvalue weighted by Crippen LogP contribution is -2.27. The maximum absolute atomic E-state index is 12.5. The minimum atomic E-state index is -0.136. The average molecular weight is 285 g/mol. The molecule has 21 heavy (non-hydrogen) atoms. The fourth-order valence-corrected chi connectivity index (χ4v) is 2.27. The predicted octanol–water partition coefficient (Wildman–Crippen LogP) is 0.475. The van der Waals surface area contributed by atoms with Crippen molar-refractivity contribution in [3.8, 4) is 0 Å². The molecule has 3 heterocycles. The first-order valence-electron chi connectivity index (χ1n) is 6.77. The van der Waals surface area contributed by atoms with Crippen LogP contribution in [0.4, 0.5) is 0 Å². The van der Waals surface area contributed by atoms with Gasteiger partial charge in [0.05, 0.1) is 12.5 Å². The second kappa shape index (κ2) is 5.35. The van der Waals surface area contributed by atoms with E-state index >= 15 is 0 Å². The van der Waals surface area contributed by atoms with Crippen LogP contribution in [0.2, 0.25) is 0 Å². The number of hydrogen-bond acceptors (Lipinski definition) is 4. The number of fused-ring (bicyclic) bond motifs is 1. The van der Waals surface area contributed by atoms with E-state index in [4.69, 9.17) is 0 Å². The van der Waals surface area contributed by atoms with E-state index in [0.717, 1.165) is 0 Å². The minimum absolute atomic E-state index is 0.0850. The third kappa shape index (κ3) is 2.37. The third-order valence-electron chi connectivity index (χ3n) is 3.40. The Labute approximate surface area is 120 Å². The van der Waals surface area contributed by atoms with E-state index < -0.39 is 0 Å². The number of nitrogens with zero attached hydrogens (tertiary/aromatic N) is 5. The van der Waals surface area contributed by atoms with Crippen LogP contribution >= 0.6 is 0 Å². The number of aryl methyl sites for hydroxylation is 3. The number of hydrogen-bond donors (Lipinski definition) is 0. The second-order valence-corrected chi connectivity index (χ2v) is 4.67. The van der Waals surface area contributed by atoms with E-state index in [2.05, 4.69) is 10.1 Å². The molecule has 0 unspecified atom stereocenters. The number of pyridine rings is 1. The van der Waals surface area contributed by atoms with Crippen LogP contribution in [0.5, 0.6) is 0 Å². The molecule has 0 saturated carbocycles. The van der Waals surface area contributed by atoms with Crippen molar-refractivity contribution in [2.75, 3.05) is 0 Å². The van der Waals surface area contributed by atoms with E-state index in [1.807, 2.05) is 6.92 Å². The molecular weight excluding hydrogens is 270 g/mol. The molecule has 0 radical (unpaired) electrons. The normalized spacial score (nSPS) is 11.1. The van der Waals surface area contributed by atoms with Crippen molar-refractivity contribution in [2.24, 2.45) is 0 Å². The summed E-state index contributed by atoms with van der Waals surface area (Å²) < 4.78 is 4.71. The summed E-state index contributed by atoms with van der Waals surface area (Å²) in [5.74, 6) is 0. The first kappa shape index (κ1) is 13.3. The first-order valence-corrected chi connectivity index (χ1v) is 6.77. The Kier molecular flexibility index (Phi) is 3.39. The maximum atomic E-state index is 12.5. The Morgan fingerprint density at radius 2 is 1.95 bits per heavy atom. The van der Waals surface area contributed by atoms with Gasteiger partial charge in [-0.2, -0.15) is 5.10 Å². The molecule has 0 bridgehead atoms. The fraction of sp³-hybridized carbons (Fsp3) is 0.286. The van der Waals surface area contributed by atoms with Gasteiger partial charge in [-0.3, -0.25) is 18.8 Å². The van der Waals surface area contributed by atoms with Crippen LogP contribution in [0.3, 0.4) is 0 Å². The van der Waals surface area contributed by atoms with Crippen molar-refractivity contribution < 1.29 is 0 Å². The molecule has 108 valence electrons. The van der Waals surface area contributed by atoms with Gasteiger partial charge in [0.15, 0.2) is 5.52 Å². The van der Waals surface area contributed by atoms with Crippen LogP contribution in [-0.2, 0) is 19.6 Å². The van der Waals surface area contributed by atoms with Gasteiger partial charge in [-0.25, -0.2) is 4.98 Å². The topological polar surface area (TPSA) is 74.7 Å². The van der Waals surface area contributed by atoms with Crippen LogP contribution in [0.25, 0.3) is 11.0 Å². The molecule has 0 atom stereocenters. The van der Waals surface area contributed by atoms with E-state index in [9.17, 15) is 9.59 Å². The first-order chi connectivity index (χ1) is 10.2. The van der Waals surface area contributed by atoms with Gasteiger partial charge in [0, 0.05) is 31.9 Å². The summed E-state index contributed by atoms with van der Waals surface area (Å²) in [7, 11) is 0. The molecule has 0 spiro atoms. The minimum Gasteiger partial charge on any atom is -0.314 e. The molecule has 0 saturated heterocycles. The summed E-state index contributed by atoms with van der Waals surface area (Å²) in [4.78, 5) is 28.3. The Hall–Kier alpha value is -2.70. The Morgan fingerprint density at radius 1 is 1.14 bits per heavy atom. The lowest BCUT2D eigenvalue weighted by molar-refractivity contribution is 0.547. The van der Waals surface area contributed by atoms with Crippen molar-refractivity contribution in [2.45, 2.75) is 26.6 Å². The molecule has 7 nitrogen and oxygen atoms in total. The highest BCUT2D eigenvalue weighted by Gasteiger charge is 2.09. The van der Waals surface area contributed by atoms with Crippen LogP contribution in [0, 0.1) is 0 Å². The SMILES string of the molecule is CCn1ncc2ncn(CCn3ccccc3=O)c(=O)c21. The largest absolute Gasteiger partial charge is 0.314 e. The molecule has 3 rings (SSSR count). The lowest BCUT2D eigenvalue weighted by Gasteiger charge is -2.08. The zero-order chi connectivity index (χ0) is 14.8. The van der Waals surface area contributed by atoms with Gasteiger partial charge >= 0.3 is 0 Å². The van der Waals surface area contributed by atoms with Crippen LogP contribution in [0.1, 0.15) is 6.92 Å². The smallest absolute Gasteiger partial charge is 0.279 e. The van der Waals surface area contributed by atoms with E-state index in [1.165, 1.54) is 17.0 Å². The third-order valence-corrected chi connectivity index (χ3v) is 3.40. The highest BCUT2D eigenvalue weighted by Crippen LogP contribution is 2.04. The van der Waals surface area contributed by atoms with Crippen molar-refractivity contribution in [3.05, 3.63) is 57.6 Å². The fourth-order valence-electron chi connectivity index (χ4n) is 2.27. The van der Waals surface area contributed by atoms with Gasteiger partial charge in [0.2, 0.25) is 0 Å². The maximum Gasteiger partial charge on any atom is 0.279 e. The summed E-state index contributed by atoms with van der Waals surface area (Å²) in [6.45, 7) is 3.35. The van der Waals surface area contributed by atoms with Gasteiger partial charge in [0.25, 0.3) is 11.1 Å². The highest BCUT2D eigenvalue weighted by atomic mass is 16.1. The van der Waals surface area contributed by atoms with Gasteiger partial charge in [-0.15, -0.1) is 0 Å². The van der Waals surface area contributed by atoms with Crippen molar-refractivity contribution in [1.82, 2.24) is 23.9 Å². The molecule has 0 aromatic carbocycles. The van der Waals surface area contributed by atoms with Gasteiger partial charge in [-0.1, -0.05) is 6.07 Å².